The SMILES string of the molecule is Cc1nc(N)c2c(C(N)=O)cn([C@@H]3O[C@H](COC(=O)[C@@H](N)C(C)C)[C@@H](C)[C@H]3O)c2n1. The molecule has 0 saturated carbocycles. The lowest BCUT2D eigenvalue weighted by Gasteiger charge is -2.19. The van der Waals surface area contributed by atoms with Gasteiger partial charge in [0.25, 0.3) is 5.91 Å². The van der Waals surface area contributed by atoms with Crippen molar-refractivity contribution in [3.05, 3.63) is 17.6 Å². The van der Waals surface area contributed by atoms with Crippen molar-refractivity contribution in [2.75, 3.05) is 12.3 Å². The second kappa shape index (κ2) is 8.17. The van der Waals surface area contributed by atoms with Gasteiger partial charge in [0.2, 0.25) is 0 Å². The van der Waals surface area contributed by atoms with E-state index in [1.807, 2.05) is 13.8 Å². The third-order valence-corrected chi connectivity index (χ3v) is 5.46. The van der Waals surface area contributed by atoms with Gasteiger partial charge in [0.1, 0.15) is 36.0 Å². The van der Waals surface area contributed by atoms with Gasteiger partial charge in [-0.1, -0.05) is 20.8 Å². The lowest BCUT2D eigenvalue weighted by atomic mass is 10.0. The summed E-state index contributed by atoms with van der Waals surface area (Å²) in [6.07, 6.45) is -0.976. The number of aliphatic hydroxyl groups excluding tert-OH is 1. The summed E-state index contributed by atoms with van der Waals surface area (Å²) in [5, 5.41) is 11.1. The van der Waals surface area contributed by atoms with Gasteiger partial charge < -0.3 is 36.3 Å². The molecule has 0 aliphatic carbocycles. The maximum Gasteiger partial charge on any atom is 0.323 e. The molecule has 3 rings (SSSR count). The average molecular weight is 420 g/mol. The Bertz CT molecular complexity index is 974. The Kier molecular flexibility index (Phi) is 5.97. The van der Waals surface area contributed by atoms with Crippen LogP contribution in [0.1, 0.15) is 43.2 Å². The standard InChI is InChI=1S/C19H28N6O5/c1-7(2)13(20)19(28)29-6-11-8(3)14(26)18(30-11)25-5-10(16(22)27)12-15(21)23-9(4)24-17(12)25/h5,7-8,11,13-14,18,26H,6,20H2,1-4H3,(H2,22,27)(H2,21,23,24)/t8-,11-,13+,14-,18-/m1/s1. The summed E-state index contributed by atoms with van der Waals surface area (Å²) in [5.41, 5.74) is 17.7. The van der Waals surface area contributed by atoms with E-state index in [2.05, 4.69) is 9.97 Å². The number of hydrogen-bond donors (Lipinski definition) is 4. The van der Waals surface area contributed by atoms with E-state index in [9.17, 15) is 14.7 Å². The minimum atomic E-state index is -0.958. The largest absolute Gasteiger partial charge is 0.462 e. The molecule has 1 amide bonds. The van der Waals surface area contributed by atoms with Crippen LogP contribution in [0.2, 0.25) is 0 Å². The van der Waals surface area contributed by atoms with Gasteiger partial charge in [0.15, 0.2) is 6.23 Å². The van der Waals surface area contributed by atoms with Gasteiger partial charge >= 0.3 is 5.97 Å². The molecule has 11 heteroatoms. The first kappa shape index (κ1) is 21.9. The van der Waals surface area contributed by atoms with Crippen LogP contribution in [0.5, 0.6) is 0 Å². The van der Waals surface area contributed by atoms with E-state index >= 15 is 0 Å². The monoisotopic (exact) mass is 420 g/mol. The number of hydrogen-bond acceptors (Lipinski definition) is 9. The quantitative estimate of drug-likeness (QED) is 0.461. The smallest absolute Gasteiger partial charge is 0.323 e. The molecule has 0 unspecified atom stereocenters. The molecule has 164 valence electrons. The van der Waals surface area contributed by atoms with Crippen LogP contribution in [-0.2, 0) is 14.3 Å². The van der Waals surface area contributed by atoms with Crippen LogP contribution in [0.4, 0.5) is 5.82 Å². The zero-order valence-electron chi connectivity index (χ0n) is 17.4. The number of esters is 1. The van der Waals surface area contributed by atoms with Crippen molar-refractivity contribution in [3.8, 4) is 0 Å². The first-order chi connectivity index (χ1) is 14.0. The highest BCUT2D eigenvalue weighted by Gasteiger charge is 2.43. The topological polar surface area (TPSA) is 182 Å². The third-order valence-electron chi connectivity index (χ3n) is 5.46. The summed E-state index contributed by atoms with van der Waals surface area (Å²) in [4.78, 5) is 32.4. The third kappa shape index (κ3) is 3.83. The molecule has 2 aromatic rings. The van der Waals surface area contributed by atoms with Crippen LogP contribution in [0, 0.1) is 18.8 Å². The molecule has 5 atom stereocenters. The molecule has 0 radical (unpaired) electrons. The van der Waals surface area contributed by atoms with E-state index < -0.39 is 36.4 Å². The summed E-state index contributed by atoms with van der Waals surface area (Å²) >= 11 is 0. The molecule has 0 bridgehead atoms. The number of fused-ring (bicyclic) bond motifs is 1. The highest BCUT2D eigenvalue weighted by molar-refractivity contribution is 6.08. The molecule has 2 aromatic heterocycles. The number of nitrogens with two attached hydrogens (primary N) is 3. The van der Waals surface area contributed by atoms with Gasteiger partial charge in [0, 0.05) is 12.1 Å². The zero-order chi connectivity index (χ0) is 22.3. The summed E-state index contributed by atoms with van der Waals surface area (Å²) in [5.74, 6) is -1.16. The second-order valence-corrected chi connectivity index (χ2v) is 7.98. The molecular formula is C19H28N6O5. The van der Waals surface area contributed by atoms with Crippen molar-refractivity contribution in [1.82, 2.24) is 14.5 Å². The first-order valence-electron chi connectivity index (χ1n) is 9.73. The summed E-state index contributed by atoms with van der Waals surface area (Å²) in [6.45, 7) is 7.02. The molecule has 7 N–H and O–H groups in total. The van der Waals surface area contributed by atoms with Crippen LogP contribution >= 0.6 is 0 Å². The number of carbonyl (C=O) groups is 2. The van der Waals surface area contributed by atoms with E-state index in [0.717, 1.165) is 0 Å². The maximum atomic E-state index is 12.1. The lowest BCUT2D eigenvalue weighted by molar-refractivity contribution is -0.151. The predicted octanol–water partition coefficient (Wildman–Crippen LogP) is -0.158. The molecule has 0 aromatic carbocycles. The minimum Gasteiger partial charge on any atom is -0.462 e. The minimum absolute atomic E-state index is 0.0635. The first-order valence-corrected chi connectivity index (χ1v) is 9.73. The molecule has 0 spiro atoms. The molecule has 3 heterocycles. The van der Waals surface area contributed by atoms with Crippen molar-refractivity contribution in [1.29, 1.82) is 0 Å². The Morgan fingerprint density at radius 3 is 2.63 bits per heavy atom. The van der Waals surface area contributed by atoms with E-state index in [4.69, 9.17) is 26.7 Å². The fourth-order valence-corrected chi connectivity index (χ4v) is 3.49. The van der Waals surface area contributed by atoms with Crippen molar-refractivity contribution in [3.63, 3.8) is 0 Å². The second-order valence-electron chi connectivity index (χ2n) is 7.98. The van der Waals surface area contributed by atoms with Gasteiger partial charge in [-0.2, -0.15) is 0 Å². The molecular weight excluding hydrogens is 392 g/mol. The number of nitrogens with zero attached hydrogens (tertiary/aromatic N) is 3. The molecule has 1 aliphatic heterocycles. The Balaban J connectivity index is 1.89. The van der Waals surface area contributed by atoms with Crippen LogP contribution in [0.15, 0.2) is 6.20 Å². The van der Waals surface area contributed by atoms with Crippen LogP contribution in [0.3, 0.4) is 0 Å². The highest BCUT2D eigenvalue weighted by Crippen LogP contribution is 2.37. The number of rotatable bonds is 6. The van der Waals surface area contributed by atoms with Crippen molar-refractivity contribution in [2.24, 2.45) is 23.3 Å². The van der Waals surface area contributed by atoms with Gasteiger partial charge in [0.05, 0.1) is 17.1 Å². The number of aromatic nitrogens is 3. The number of amides is 1. The van der Waals surface area contributed by atoms with Crippen molar-refractivity contribution in [2.45, 2.75) is 52.2 Å². The zero-order valence-corrected chi connectivity index (χ0v) is 17.4. The number of ether oxygens (including phenoxy) is 2. The summed E-state index contributed by atoms with van der Waals surface area (Å²) in [7, 11) is 0. The number of primary amides is 1. The van der Waals surface area contributed by atoms with Crippen LogP contribution < -0.4 is 17.2 Å². The van der Waals surface area contributed by atoms with Gasteiger partial charge in [-0.3, -0.25) is 9.59 Å². The van der Waals surface area contributed by atoms with Crippen LogP contribution in [0.25, 0.3) is 11.0 Å². The van der Waals surface area contributed by atoms with Crippen molar-refractivity contribution < 1.29 is 24.2 Å². The van der Waals surface area contributed by atoms with E-state index in [1.165, 1.54) is 10.8 Å². The molecule has 11 nitrogen and oxygen atoms in total. The summed E-state index contributed by atoms with van der Waals surface area (Å²) in [6, 6.07) is -0.739. The molecule has 1 saturated heterocycles. The van der Waals surface area contributed by atoms with Gasteiger partial charge in [-0.25, -0.2) is 9.97 Å². The Morgan fingerprint density at radius 2 is 2.03 bits per heavy atom. The lowest BCUT2D eigenvalue weighted by Crippen LogP contribution is -2.38. The summed E-state index contributed by atoms with van der Waals surface area (Å²) < 4.78 is 12.8. The Hall–Kier alpha value is -2.76. The Labute approximate surface area is 173 Å². The number of nitrogen functional groups attached to an aromatic ring is 1. The van der Waals surface area contributed by atoms with E-state index in [0.29, 0.717) is 16.9 Å². The van der Waals surface area contributed by atoms with Gasteiger partial charge in [-0.15, -0.1) is 0 Å². The number of anilines is 1. The van der Waals surface area contributed by atoms with Crippen molar-refractivity contribution >= 4 is 28.7 Å². The van der Waals surface area contributed by atoms with E-state index in [1.54, 1.807) is 13.8 Å². The number of aliphatic hydroxyl groups is 1. The molecule has 30 heavy (non-hydrogen) atoms. The molecule has 1 fully saturated rings. The van der Waals surface area contributed by atoms with Gasteiger partial charge in [-0.05, 0) is 12.8 Å². The number of aryl methyl sites for hydroxylation is 1. The van der Waals surface area contributed by atoms with Crippen LogP contribution in [-0.4, -0.2) is 56.4 Å². The highest BCUT2D eigenvalue weighted by atomic mass is 16.6. The number of carbonyl (C=O) groups excluding carboxylic acids is 2. The normalized spacial score (nSPS) is 25.0. The fourth-order valence-electron chi connectivity index (χ4n) is 3.49. The molecule has 1 aliphatic rings. The maximum absolute atomic E-state index is 12.1. The average Bonchev–Trinajstić information content (AvgIpc) is 3.18. The predicted molar refractivity (Wildman–Crippen MR) is 108 cm³/mol. The Morgan fingerprint density at radius 1 is 1.37 bits per heavy atom. The van der Waals surface area contributed by atoms with E-state index in [-0.39, 0.29) is 29.8 Å². The fraction of sp³-hybridized carbons (Fsp3) is 0.579.